The van der Waals surface area contributed by atoms with E-state index in [4.69, 9.17) is 0 Å². The van der Waals surface area contributed by atoms with Gasteiger partial charge in [-0.05, 0) is 30.9 Å². The van der Waals surface area contributed by atoms with Crippen LogP contribution in [0, 0.1) is 5.92 Å². The van der Waals surface area contributed by atoms with Crippen molar-refractivity contribution in [2.45, 2.75) is 142 Å². The monoisotopic (exact) mass is 484 g/mol. The molecule has 0 saturated carbocycles. The van der Waals surface area contributed by atoms with E-state index >= 15 is 0 Å². The second-order valence-electron chi connectivity index (χ2n) is 10.7. The Balaban J connectivity index is 1.71. The Labute approximate surface area is 215 Å². The summed E-state index contributed by atoms with van der Waals surface area (Å²) in [5.74, 6) is 0.501. The molecule has 1 aliphatic heterocycles. The molecule has 1 aliphatic rings. The van der Waals surface area contributed by atoms with E-state index in [1.54, 1.807) is 23.2 Å². The quantitative estimate of drug-likeness (QED) is 0.122. The van der Waals surface area contributed by atoms with E-state index in [1.807, 2.05) is 0 Å². The number of hydrogen-bond acceptors (Lipinski definition) is 3. The summed E-state index contributed by atoms with van der Waals surface area (Å²) in [5, 5.41) is 0. The smallest absolute Gasteiger partial charge is 0.289 e. The predicted molar refractivity (Wildman–Crippen MR) is 148 cm³/mol. The van der Waals surface area contributed by atoms with Gasteiger partial charge in [0.1, 0.15) is 5.82 Å². The molecule has 4 heteroatoms. The number of ketones is 1. The Hall–Kier alpha value is -1.71. The van der Waals surface area contributed by atoms with Gasteiger partial charge in [-0.15, -0.1) is 0 Å². The predicted octanol–water partition coefficient (Wildman–Crippen LogP) is 9.07. The van der Waals surface area contributed by atoms with Crippen molar-refractivity contribution in [1.82, 2.24) is 4.98 Å². The summed E-state index contributed by atoms with van der Waals surface area (Å²) in [6, 6.07) is 3.45. The maximum absolute atomic E-state index is 12.5. The van der Waals surface area contributed by atoms with E-state index in [2.05, 4.69) is 18.8 Å². The Morgan fingerprint density at radius 3 is 1.71 bits per heavy atom. The van der Waals surface area contributed by atoms with Gasteiger partial charge in [-0.1, -0.05) is 129 Å². The maximum atomic E-state index is 12.5. The highest BCUT2D eigenvalue weighted by atomic mass is 16.2. The fourth-order valence-corrected chi connectivity index (χ4v) is 5.44. The molecule has 0 atom stereocenters. The number of hydrogen-bond donors (Lipinski definition) is 0. The van der Waals surface area contributed by atoms with Crippen molar-refractivity contribution in [3.05, 3.63) is 23.9 Å². The van der Waals surface area contributed by atoms with Crippen molar-refractivity contribution >= 4 is 17.5 Å². The summed E-state index contributed by atoms with van der Waals surface area (Å²) in [7, 11) is 0. The highest BCUT2D eigenvalue weighted by Gasteiger charge is 2.36. The first-order valence-electron chi connectivity index (χ1n) is 15.0. The fourth-order valence-electron chi connectivity index (χ4n) is 5.44. The molecule has 0 saturated heterocycles. The first-order valence-corrected chi connectivity index (χ1v) is 15.0. The van der Waals surface area contributed by atoms with Gasteiger partial charge in [0.15, 0.2) is 0 Å². The van der Waals surface area contributed by atoms with E-state index in [-0.39, 0.29) is 0 Å². The first kappa shape index (κ1) is 29.5. The first-order chi connectivity index (χ1) is 17.2. The van der Waals surface area contributed by atoms with E-state index in [9.17, 15) is 9.59 Å². The van der Waals surface area contributed by atoms with Crippen LogP contribution in [0.15, 0.2) is 18.3 Å². The minimum Gasteiger partial charge on any atom is -0.289 e. The third-order valence-electron chi connectivity index (χ3n) is 7.65. The minimum absolute atomic E-state index is 0.400. The lowest BCUT2D eigenvalue weighted by Gasteiger charge is -2.20. The number of fused-ring (bicyclic) bond motifs is 1. The number of Topliss-reactive ketones (excluding diaryl/α,β-unsaturated/α-hetero) is 1. The van der Waals surface area contributed by atoms with Crippen LogP contribution in [0.2, 0.25) is 0 Å². The third kappa shape index (κ3) is 11.3. The SMILES string of the molecule is CCCCCCCCCCC(CCCCCCCCCC)CCCN1C(=O)C(=O)c2cccnc21. The largest absolute Gasteiger partial charge is 0.300 e. The summed E-state index contributed by atoms with van der Waals surface area (Å²) < 4.78 is 0. The normalized spacial score (nSPS) is 13.3. The molecule has 0 aromatic carbocycles. The Morgan fingerprint density at radius 2 is 1.17 bits per heavy atom. The van der Waals surface area contributed by atoms with Crippen molar-refractivity contribution in [2.24, 2.45) is 5.92 Å². The van der Waals surface area contributed by atoms with Crippen LogP contribution in [0.25, 0.3) is 0 Å². The van der Waals surface area contributed by atoms with Gasteiger partial charge in [0.25, 0.3) is 5.78 Å². The molecule has 2 heterocycles. The number of unbranched alkanes of at least 4 members (excludes halogenated alkanes) is 14. The zero-order valence-electron chi connectivity index (χ0n) is 22.9. The summed E-state index contributed by atoms with van der Waals surface area (Å²) in [6.45, 7) is 5.17. The molecule has 0 spiro atoms. The highest BCUT2D eigenvalue weighted by molar-refractivity contribution is 6.51. The van der Waals surface area contributed by atoms with Crippen molar-refractivity contribution in [3.63, 3.8) is 0 Å². The van der Waals surface area contributed by atoms with Crippen LogP contribution < -0.4 is 4.90 Å². The van der Waals surface area contributed by atoms with Crippen molar-refractivity contribution in [1.29, 1.82) is 0 Å². The average molecular weight is 485 g/mol. The zero-order chi connectivity index (χ0) is 25.1. The summed E-state index contributed by atoms with van der Waals surface area (Å²) >= 11 is 0. The summed E-state index contributed by atoms with van der Waals surface area (Å²) in [6.07, 6.45) is 28.3. The molecule has 1 aromatic rings. The zero-order valence-corrected chi connectivity index (χ0v) is 22.9. The molecule has 0 fully saturated rings. The molecular formula is C31H52N2O2. The molecule has 0 N–H and O–H groups in total. The van der Waals surface area contributed by atoms with Gasteiger partial charge >= 0.3 is 5.91 Å². The Bertz CT molecular complexity index is 698. The van der Waals surface area contributed by atoms with Gasteiger partial charge < -0.3 is 0 Å². The molecule has 4 nitrogen and oxygen atoms in total. The van der Waals surface area contributed by atoms with Gasteiger partial charge in [-0.2, -0.15) is 0 Å². The molecule has 0 radical (unpaired) electrons. The molecule has 1 amide bonds. The highest BCUT2D eigenvalue weighted by Crippen LogP contribution is 2.28. The molecule has 0 bridgehead atoms. The molecule has 0 unspecified atom stereocenters. The Morgan fingerprint density at radius 1 is 0.686 bits per heavy atom. The molecule has 198 valence electrons. The summed E-state index contributed by atoms with van der Waals surface area (Å²) in [4.78, 5) is 30.6. The van der Waals surface area contributed by atoms with Gasteiger partial charge in [0.05, 0.1) is 5.56 Å². The lowest BCUT2D eigenvalue weighted by molar-refractivity contribution is -0.114. The number of nitrogens with zero attached hydrogens (tertiary/aromatic N) is 2. The van der Waals surface area contributed by atoms with E-state index in [1.165, 1.54) is 116 Å². The van der Waals surface area contributed by atoms with Crippen LogP contribution >= 0.6 is 0 Å². The second kappa shape index (κ2) is 18.5. The molecule has 35 heavy (non-hydrogen) atoms. The van der Waals surface area contributed by atoms with Crippen molar-refractivity contribution < 1.29 is 9.59 Å². The lowest BCUT2D eigenvalue weighted by atomic mass is 9.90. The summed E-state index contributed by atoms with van der Waals surface area (Å²) in [5.41, 5.74) is 0.465. The van der Waals surface area contributed by atoms with Gasteiger partial charge in [0, 0.05) is 12.7 Å². The van der Waals surface area contributed by atoms with Crippen molar-refractivity contribution in [2.75, 3.05) is 11.4 Å². The van der Waals surface area contributed by atoms with E-state index in [0.29, 0.717) is 17.9 Å². The van der Waals surface area contributed by atoms with Crippen molar-refractivity contribution in [3.8, 4) is 0 Å². The van der Waals surface area contributed by atoms with E-state index in [0.717, 1.165) is 18.8 Å². The topological polar surface area (TPSA) is 50.3 Å². The van der Waals surface area contributed by atoms with Gasteiger partial charge in [0.2, 0.25) is 0 Å². The van der Waals surface area contributed by atoms with Crippen LogP contribution in [0.1, 0.15) is 153 Å². The molecule has 1 aromatic heterocycles. The van der Waals surface area contributed by atoms with Crippen LogP contribution in [-0.2, 0) is 4.79 Å². The fraction of sp³-hybridized carbons (Fsp3) is 0.774. The number of aromatic nitrogens is 1. The third-order valence-corrected chi connectivity index (χ3v) is 7.65. The molecule has 2 rings (SSSR count). The number of carbonyl (C=O) groups excluding carboxylic acids is 2. The van der Waals surface area contributed by atoms with Crippen LogP contribution in [0.4, 0.5) is 5.82 Å². The van der Waals surface area contributed by atoms with Gasteiger partial charge in [-0.3, -0.25) is 14.5 Å². The number of pyridine rings is 1. The maximum Gasteiger partial charge on any atom is 0.300 e. The molecule has 0 aliphatic carbocycles. The number of rotatable bonds is 22. The molecular weight excluding hydrogens is 432 g/mol. The standard InChI is InChI=1S/C31H52N2O2/c1-3-5-7-9-11-13-15-17-21-27(22-18-16-14-12-10-8-6-4-2)23-20-26-33-30-28(24-19-25-32-30)29(34)31(33)35/h19,24-25,27H,3-18,20-23,26H2,1-2H3. The minimum atomic E-state index is -0.401. The number of carbonyl (C=O) groups is 2. The van der Waals surface area contributed by atoms with E-state index < -0.39 is 11.7 Å². The average Bonchev–Trinajstić information content (AvgIpc) is 3.11. The Kier molecular flexibility index (Phi) is 15.6. The van der Waals surface area contributed by atoms with Crippen LogP contribution in [0.5, 0.6) is 0 Å². The van der Waals surface area contributed by atoms with Crippen LogP contribution in [0.3, 0.4) is 0 Å². The van der Waals surface area contributed by atoms with Gasteiger partial charge in [-0.25, -0.2) is 4.98 Å². The number of anilines is 1. The second-order valence-corrected chi connectivity index (χ2v) is 10.7. The lowest BCUT2D eigenvalue weighted by Crippen LogP contribution is -2.31. The number of amides is 1. The van der Waals surface area contributed by atoms with Crippen LogP contribution in [-0.4, -0.2) is 23.2 Å².